The van der Waals surface area contributed by atoms with E-state index in [4.69, 9.17) is 5.73 Å². The Kier molecular flexibility index (Phi) is 2.16. The Bertz CT molecular complexity index is 402. The van der Waals surface area contributed by atoms with E-state index >= 15 is 0 Å². The van der Waals surface area contributed by atoms with Crippen molar-refractivity contribution in [3.8, 4) is 11.3 Å². The summed E-state index contributed by atoms with van der Waals surface area (Å²) in [7, 11) is 1.92. The molecule has 0 unspecified atom stereocenters. The second kappa shape index (κ2) is 3.32. The third kappa shape index (κ3) is 1.64. The Morgan fingerprint density at radius 3 is 3.00 bits per heavy atom. The first-order chi connectivity index (χ1) is 6.29. The molecule has 0 saturated heterocycles. The molecule has 4 heteroatoms. The molecule has 2 aromatic rings. The van der Waals surface area contributed by atoms with Crippen LogP contribution in [0.3, 0.4) is 0 Å². The van der Waals surface area contributed by atoms with Gasteiger partial charge >= 0.3 is 0 Å². The number of aromatic nitrogens is 2. The van der Waals surface area contributed by atoms with Crippen LogP contribution in [0.2, 0.25) is 0 Å². The SMILES string of the molecule is Cn1ccc(-c2csc(CN)c2)n1. The average molecular weight is 193 g/mol. The molecule has 13 heavy (non-hydrogen) atoms. The van der Waals surface area contributed by atoms with Gasteiger partial charge in [0.15, 0.2) is 0 Å². The van der Waals surface area contributed by atoms with Gasteiger partial charge in [-0.3, -0.25) is 4.68 Å². The predicted octanol–water partition coefficient (Wildman–Crippen LogP) is 1.61. The molecule has 2 aromatic heterocycles. The smallest absolute Gasteiger partial charge is 0.0931 e. The van der Waals surface area contributed by atoms with Gasteiger partial charge < -0.3 is 5.73 Å². The molecule has 0 fully saturated rings. The molecule has 2 heterocycles. The van der Waals surface area contributed by atoms with Crippen LogP contribution in [0.5, 0.6) is 0 Å². The van der Waals surface area contributed by atoms with E-state index in [2.05, 4.69) is 16.5 Å². The molecule has 0 aromatic carbocycles. The maximum absolute atomic E-state index is 5.53. The van der Waals surface area contributed by atoms with Crippen LogP contribution in [-0.2, 0) is 13.6 Å². The van der Waals surface area contributed by atoms with Crippen molar-refractivity contribution in [2.75, 3.05) is 0 Å². The van der Waals surface area contributed by atoms with Gasteiger partial charge in [0.05, 0.1) is 5.69 Å². The fraction of sp³-hybridized carbons (Fsp3) is 0.222. The van der Waals surface area contributed by atoms with Gasteiger partial charge in [0.2, 0.25) is 0 Å². The Morgan fingerprint density at radius 2 is 2.46 bits per heavy atom. The topological polar surface area (TPSA) is 43.8 Å². The molecule has 0 bridgehead atoms. The van der Waals surface area contributed by atoms with Crippen molar-refractivity contribution >= 4 is 11.3 Å². The van der Waals surface area contributed by atoms with Gasteiger partial charge in [0, 0.05) is 35.6 Å². The van der Waals surface area contributed by atoms with Crippen molar-refractivity contribution in [1.82, 2.24) is 9.78 Å². The van der Waals surface area contributed by atoms with E-state index in [0.717, 1.165) is 11.3 Å². The number of nitrogens with two attached hydrogens (primary N) is 1. The highest BCUT2D eigenvalue weighted by Crippen LogP contribution is 2.23. The molecule has 0 spiro atoms. The second-order valence-electron chi connectivity index (χ2n) is 2.88. The first-order valence-corrected chi connectivity index (χ1v) is 4.95. The Labute approximate surface area is 80.8 Å². The van der Waals surface area contributed by atoms with E-state index in [1.165, 1.54) is 4.88 Å². The zero-order valence-corrected chi connectivity index (χ0v) is 8.21. The molecule has 0 saturated carbocycles. The van der Waals surface area contributed by atoms with E-state index in [9.17, 15) is 0 Å². The molecule has 0 amide bonds. The lowest BCUT2D eigenvalue weighted by molar-refractivity contribution is 0.771. The van der Waals surface area contributed by atoms with E-state index in [1.807, 2.05) is 19.3 Å². The quantitative estimate of drug-likeness (QED) is 0.787. The maximum Gasteiger partial charge on any atom is 0.0931 e. The van der Waals surface area contributed by atoms with Crippen LogP contribution in [0, 0.1) is 0 Å². The van der Waals surface area contributed by atoms with Crippen molar-refractivity contribution < 1.29 is 0 Å². The molecule has 2 rings (SSSR count). The minimum absolute atomic E-state index is 0.609. The molecule has 0 aliphatic heterocycles. The van der Waals surface area contributed by atoms with Crippen LogP contribution in [0.15, 0.2) is 23.7 Å². The highest BCUT2D eigenvalue weighted by molar-refractivity contribution is 7.10. The first-order valence-electron chi connectivity index (χ1n) is 4.07. The number of nitrogens with zero attached hydrogens (tertiary/aromatic N) is 2. The van der Waals surface area contributed by atoms with Crippen molar-refractivity contribution in [3.05, 3.63) is 28.6 Å². The zero-order chi connectivity index (χ0) is 9.26. The number of hydrogen-bond acceptors (Lipinski definition) is 3. The molecule has 0 aliphatic carbocycles. The predicted molar refractivity (Wildman–Crippen MR) is 54.4 cm³/mol. The van der Waals surface area contributed by atoms with Crippen LogP contribution < -0.4 is 5.73 Å². The van der Waals surface area contributed by atoms with E-state index < -0.39 is 0 Å². The minimum atomic E-state index is 0.609. The van der Waals surface area contributed by atoms with Gasteiger partial charge in [-0.25, -0.2) is 0 Å². The maximum atomic E-state index is 5.53. The van der Waals surface area contributed by atoms with Crippen LogP contribution in [0.25, 0.3) is 11.3 Å². The third-order valence-electron chi connectivity index (χ3n) is 1.86. The van der Waals surface area contributed by atoms with Gasteiger partial charge in [-0.2, -0.15) is 5.10 Å². The van der Waals surface area contributed by atoms with Crippen LogP contribution in [-0.4, -0.2) is 9.78 Å². The molecule has 0 aliphatic rings. The summed E-state index contributed by atoms with van der Waals surface area (Å²) in [4.78, 5) is 1.20. The summed E-state index contributed by atoms with van der Waals surface area (Å²) in [6.07, 6.45) is 1.94. The summed E-state index contributed by atoms with van der Waals surface area (Å²) in [5.74, 6) is 0. The normalized spacial score (nSPS) is 10.6. The highest BCUT2D eigenvalue weighted by Gasteiger charge is 2.03. The number of aryl methyl sites for hydroxylation is 1. The zero-order valence-electron chi connectivity index (χ0n) is 7.40. The Balaban J connectivity index is 2.35. The van der Waals surface area contributed by atoms with E-state index in [-0.39, 0.29) is 0 Å². The Morgan fingerprint density at radius 1 is 1.62 bits per heavy atom. The lowest BCUT2D eigenvalue weighted by Crippen LogP contribution is -1.91. The third-order valence-corrected chi connectivity index (χ3v) is 2.82. The summed E-state index contributed by atoms with van der Waals surface area (Å²) < 4.78 is 1.80. The van der Waals surface area contributed by atoms with Crippen LogP contribution in [0.4, 0.5) is 0 Å². The lowest BCUT2D eigenvalue weighted by atomic mass is 10.2. The highest BCUT2D eigenvalue weighted by atomic mass is 32.1. The fourth-order valence-electron chi connectivity index (χ4n) is 1.19. The van der Waals surface area contributed by atoms with Crippen LogP contribution >= 0.6 is 11.3 Å². The second-order valence-corrected chi connectivity index (χ2v) is 3.88. The van der Waals surface area contributed by atoms with Crippen molar-refractivity contribution in [1.29, 1.82) is 0 Å². The lowest BCUT2D eigenvalue weighted by Gasteiger charge is -1.88. The van der Waals surface area contributed by atoms with Gasteiger partial charge in [-0.05, 0) is 12.1 Å². The van der Waals surface area contributed by atoms with Crippen molar-refractivity contribution in [2.24, 2.45) is 12.8 Å². The first kappa shape index (κ1) is 8.47. The molecular weight excluding hydrogens is 182 g/mol. The summed E-state index contributed by atoms with van der Waals surface area (Å²) in [5, 5.41) is 6.40. The summed E-state index contributed by atoms with van der Waals surface area (Å²) in [6.45, 7) is 0.609. The molecule has 0 atom stereocenters. The molecule has 0 radical (unpaired) electrons. The number of hydrogen-bond donors (Lipinski definition) is 1. The Hall–Kier alpha value is -1.13. The van der Waals surface area contributed by atoms with Crippen molar-refractivity contribution in [2.45, 2.75) is 6.54 Å². The molecule has 3 nitrogen and oxygen atoms in total. The molecule has 2 N–H and O–H groups in total. The van der Waals surface area contributed by atoms with Gasteiger partial charge in [-0.15, -0.1) is 11.3 Å². The van der Waals surface area contributed by atoms with Crippen molar-refractivity contribution in [3.63, 3.8) is 0 Å². The van der Waals surface area contributed by atoms with Crippen LogP contribution in [0.1, 0.15) is 4.88 Å². The average Bonchev–Trinajstić information content (AvgIpc) is 2.71. The fourth-order valence-corrected chi connectivity index (χ4v) is 1.95. The number of thiophene rings is 1. The summed E-state index contributed by atoms with van der Waals surface area (Å²) in [5.41, 5.74) is 7.70. The standard InChI is InChI=1S/C9H11N3S/c1-12-3-2-9(11-12)7-4-8(5-10)13-6-7/h2-4,6H,5,10H2,1H3. The van der Waals surface area contributed by atoms with E-state index in [1.54, 1.807) is 16.0 Å². The summed E-state index contributed by atoms with van der Waals surface area (Å²) in [6, 6.07) is 4.09. The molecular formula is C9H11N3S. The largest absolute Gasteiger partial charge is 0.326 e. The monoisotopic (exact) mass is 193 g/mol. The molecule has 68 valence electrons. The minimum Gasteiger partial charge on any atom is -0.326 e. The van der Waals surface area contributed by atoms with Gasteiger partial charge in [-0.1, -0.05) is 0 Å². The number of rotatable bonds is 2. The summed E-state index contributed by atoms with van der Waals surface area (Å²) >= 11 is 1.68. The van der Waals surface area contributed by atoms with Gasteiger partial charge in [0.25, 0.3) is 0 Å². The van der Waals surface area contributed by atoms with Gasteiger partial charge in [0.1, 0.15) is 0 Å². The van der Waals surface area contributed by atoms with E-state index in [0.29, 0.717) is 6.54 Å².